The molecule has 19 heavy (non-hydrogen) atoms. The van der Waals surface area contributed by atoms with Crippen LogP contribution >= 0.6 is 11.6 Å². The standard InChI is InChI=1S/C12H13ClN6/c1-7-8(2)19(6-14-7)5-10-16-11(13)9-4-15-18(3)12(9)17-10/h4,6H,5H2,1-3H3. The van der Waals surface area contributed by atoms with Gasteiger partial charge in [0.15, 0.2) is 11.5 Å². The summed E-state index contributed by atoms with van der Waals surface area (Å²) in [6.45, 7) is 4.55. The Morgan fingerprint density at radius 2 is 2.05 bits per heavy atom. The summed E-state index contributed by atoms with van der Waals surface area (Å²) in [5.74, 6) is 0.654. The van der Waals surface area contributed by atoms with E-state index in [1.807, 2.05) is 25.5 Å². The van der Waals surface area contributed by atoms with Gasteiger partial charge in [-0.25, -0.2) is 15.0 Å². The first-order valence-electron chi connectivity index (χ1n) is 5.88. The Labute approximate surface area is 115 Å². The van der Waals surface area contributed by atoms with Gasteiger partial charge < -0.3 is 4.57 Å². The second-order valence-electron chi connectivity index (χ2n) is 4.48. The Bertz CT molecular complexity index is 757. The number of halogens is 1. The van der Waals surface area contributed by atoms with Crippen molar-refractivity contribution >= 4 is 22.6 Å². The normalized spacial score (nSPS) is 11.4. The summed E-state index contributed by atoms with van der Waals surface area (Å²) in [5.41, 5.74) is 2.85. The summed E-state index contributed by atoms with van der Waals surface area (Å²) in [6, 6.07) is 0. The number of nitrogens with zero attached hydrogens (tertiary/aromatic N) is 6. The van der Waals surface area contributed by atoms with Gasteiger partial charge >= 0.3 is 0 Å². The maximum atomic E-state index is 6.16. The third-order valence-corrected chi connectivity index (χ3v) is 3.54. The maximum absolute atomic E-state index is 6.16. The van der Waals surface area contributed by atoms with Crippen LogP contribution in [-0.2, 0) is 13.6 Å². The summed E-state index contributed by atoms with van der Waals surface area (Å²) in [7, 11) is 1.84. The number of hydrogen-bond donors (Lipinski definition) is 0. The molecule has 0 aliphatic rings. The van der Waals surface area contributed by atoms with Crippen LogP contribution in [0.1, 0.15) is 17.2 Å². The molecule has 0 spiro atoms. The number of aromatic nitrogens is 6. The van der Waals surface area contributed by atoms with E-state index in [-0.39, 0.29) is 0 Å². The molecule has 98 valence electrons. The molecule has 0 aliphatic heterocycles. The van der Waals surface area contributed by atoms with E-state index in [0.717, 1.165) is 22.4 Å². The number of aryl methyl sites for hydroxylation is 2. The zero-order valence-corrected chi connectivity index (χ0v) is 11.7. The van der Waals surface area contributed by atoms with Crippen LogP contribution in [0.25, 0.3) is 11.0 Å². The van der Waals surface area contributed by atoms with Gasteiger partial charge in [-0.3, -0.25) is 4.68 Å². The van der Waals surface area contributed by atoms with E-state index in [0.29, 0.717) is 17.5 Å². The van der Waals surface area contributed by atoms with Crippen molar-refractivity contribution in [1.82, 2.24) is 29.3 Å². The first-order valence-corrected chi connectivity index (χ1v) is 6.26. The summed E-state index contributed by atoms with van der Waals surface area (Å²) >= 11 is 6.16. The fraction of sp³-hybridized carbons (Fsp3) is 0.333. The molecule has 0 saturated heterocycles. The molecule has 7 heteroatoms. The molecule has 3 rings (SSSR count). The molecule has 3 aromatic heterocycles. The number of hydrogen-bond acceptors (Lipinski definition) is 4. The van der Waals surface area contributed by atoms with Gasteiger partial charge in [-0.05, 0) is 13.8 Å². The van der Waals surface area contributed by atoms with Crippen LogP contribution in [0.15, 0.2) is 12.5 Å². The van der Waals surface area contributed by atoms with Gasteiger partial charge in [-0.2, -0.15) is 5.10 Å². The zero-order chi connectivity index (χ0) is 13.6. The first kappa shape index (κ1) is 12.1. The van der Waals surface area contributed by atoms with Crippen LogP contribution in [0.3, 0.4) is 0 Å². The highest BCUT2D eigenvalue weighted by atomic mass is 35.5. The Morgan fingerprint density at radius 1 is 1.26 bits per heavy atom. The third-order valence-electron chi connectivity index (χ3n) is 3.25. The van der Waals surface area contributed by atoms with Gasteiger partial charge in [0.05, 0.1) is 30.1 Å². The van der Waals surface area contributed by atoms with E-state index in [1.54, 1.807) is 17.2 Å². The predicted molar refractivity (Wildman–Crippen MR) is 72.1 cm³/mol. The lowest BCUT2D eigenvalue weighted by Crippen LogP contribution is -2.06. The van der Waals surface area contributed by atoms with E-state index in [4.69, 9.17) is 11.6 Å². The van der Waals surface area contributed by atoms with Crippen LogP contribution in [0.2, 0.25) is 5.15 Å². The lowest BCUT2D eigenvalue weighted by Gasteiger charge is -2.05. The number of imidazole rings is 1. The summed E-state index contributed by atoms with van der Waals surface area (Å²) in [4.78, 5) is 13.1. The minimum Gasteiger partial charge on any atom is -0.327 e. The molecular weight excluding hydrogens is 264 g/mol. The van der Waals surface area contributed by atoms with Gasteiger partial charge in [-0.1, -0.05) is 11.6 Å². The zero-order valence-electron chi connectivity index (χ0n) is 10.9. The van der Waals surface area contributed by atoms with Crippen molar-refractivity contribution in [3.63, 3.8) is 0 Å². The largest absolute Gasteiger partial charge is 0.327 e. The van der Waals surface area contributed by atoms with Crippen molar-refractivity contribution in [1.29, 1.82) is 0 Å². The van der Waals surface area contributed by atoms with Crippen molar-refractivity contribution in [2.45, 2.75) is 20.4 Å². The topological polar surface area (TPSA) is 61.4 Å². The van der Waals surface area contributed by atoms with Crippen molar-refractivity contribution < 1.29 is 0 Å². The highest BCUT2D eigenvalue weighted by Gasteiger charge is 2.11. The molecule has 0 fully saturated rings. The lowest BCUT2D eigenvalue weighted by atomic mass is 10.3. The van der Waals surface area contributed by atoms with Gasteiger partial charge in [0, 0.05) is 12.7 Å². The smallest absolute Gasteiger partial charge is 0.162 e. The molecule has 0 atom stereocenters. The molecule has 0 radical (unpaired) electrons. The molecule has 0 bridgehead atoms. The van der Waals surface area contributed by atoms with Gasteiger partial charge in [0.25, 0.3) is 0 Å². The van der Waals surface area contributed by atoms with E-state index < -0.39 is 0 Å². The fourth-order valence-electron chi connectivity index (χ4n) is 1.96. The molecule has 0 saturated carbocycles. The molecule has 0 aromatic carbocycles. The lowest BCUT2D eigenvalue weighted by molar-refractivity contribution is 0.717. The molecule has 0 unspecified atom stereocenters. The van der Waals surface area contributed by atoms with Crippen molar-refractivity contribution in [2.24, 2.45) is 7.05 Å². The highest BCUT2D eigenvalue weighted by molar-refractivity contribution is 6.33. The van der Waals surface area contributed by atoms with Gasteiger partial charge in [-0.15, -0.1) is 0 Å². The van der Waals surface area contributed by atoms with E-state index in [9.17, 15) is 0 Å². The Morgan fingerprint density at radius 3 is 2.74 bits per heavy atom. The number of rotatable bonds is 2. The van der Waals surface area contributed by atoms with Gasteiger partial charge in [0.1, 0.15) is 5.15 Å². The average molecular weight is 277 g/mol. The highest BCUT2D eigenvalue weighted by Crippen LogP contribution is 2.19. The monoisotopic (exact) mass is 276 g/mol. The van der Waals surface area contributed by atoms with Crippen LogP contribution < -0.4 is 0 Å². The van der Waals surface area contributed by atoms with Crippen molar-refractivity contribution in [3.05, 3.63) is 34.9 Å². The second kappa shape index (κ2) is 4.31. The summed E-state index contributed by atoms with van der Waals surface area (Å²) in [6.07, 6.45) is 3.46. The van der Waals surface area contributed by atoms with Crippen molar-refractivity contribution in [2.75, 3.05) is 0 Å². The molecule has 0 aliphatic carbocycles. The maximum Gasteiger partial charge on any atom is 0.162 e. The predicted octanol–water partition coefficient (Wildman–Crippen LogP) is 1.88. The van der Waals surface area contributed by atoms with E-state index in [2.05, 4.69) is 20.1 Å². The van der Waals surface area contributed by atoms with Crippen LogP contribution in [0, 0.1) is 13.8 Å². The second-order valence-corrected chi connectivity index (χ2v) is 4.84. The molecule has 3 aromatic rings. The minimum atomic E-state index is 0.433. The van der Waals surface area contributed by atoms with Crippen LogP contribution in [0.5, 0.6) is 0 Å². The quantitative estimate of drug-likeness (QED) is 0.671. The Hall–Kier alpha value is -1.95. The summed E-state index contributed by atoms with van der Waals surface area (Å²) < 4.78 is 3.70. The molecule has 0 amide bonds. The Kier molecular flexibility index (Phi) is 2.74. The molecular formula is C12H13ClN6. The average Bonchev–Trinajstić information content (AvgIpc) is 2.89. The molecule has 6 nitrogen and oxygen atoms in total. The fourth-order valence-corrected chi connectivity index (χ4v) is 2.19. The van der Waals surface area contributed by atoms with E-state index in [1.165, 1.54) is 0 Å². The Balaban J connectivity index is 2.06. The molecule has 0 N–H and O–H groups in total. The van der Waals surface area contributed by atoms with Crippen LogP contribution in [-0.4, -0.2) is 29.3 Å². The number of fused-ring (bicyclic) bond motifs is 1. The molecule has 3 heterocycles. The van der Waals surface area contributed by atoms with Crippen molar-refractivity contribution in [3.8, 4) is 0 Å². The van der Waals surface area contributed by atoms with E-state index >= 15 is 0 Å². The van der Waals surface area contributed by atoms with Crippen LogP contribution in [0.4, 0.5) is 0 Å². The summed E-state index contributed by atoms with van der Waals surface area (Å²) in [5, 5.41) is 5.34. The first-order chi connectivity index (χ1) is 9.06. The SMILES string of the molecule is Cc1ncn(Cc2nc(Cl)c3cnn(C)c3n2)c1C. The minimum absolute atomic E-state index is 0.433. The third kappa shape index (κ3) is 1.98. The van der Waals surface area contributed by atoms with Gasteiger partial charge in [0.2, 0.25) is 0 Å².